The Kier molecular flexibility index (Phi) is 6.33. The van der Waals surface area contributed by atoms with E-state index in [9.17, 15) is 13.5 Å². The zero-order valence-electron chi connectivity index (χ0n) is 16.0. The predicted molar refractivity (Wildman–Crippen MR) is 102 cm³/mol. The minimum absolute atomic E-state index is 0.160. The molecule has 1 fully saturated rings. The Morgan fingerprint density at radius 2 is 2.14 bits per heavy atom. The molecule has 2 aromatic rings. The number of nitrogens with two attached hydrogens (primary N) is 2. The van der Waals surface area contributed by atoms with Crippen molar-refractivity contribution in [3.05, 3.63) is 12.2 Å². The number of aliphatic hydroxyl groups excluding tert-OH is 1. The van der Waals surface area contributed by atoms with E-state index in [1.54, 1.807) is 14.0 Å². The van der Waals surface area contributed by atoms with E-state index >= 15 is 0 Å². The Hall–Kier alpha value is -1.94. The van der Waals surface area contributed by atoms with Crippen LogP contribution in [-0.4, -0.2) is 87.5 Å². The Morgan fingerprint density at radius 1 is 1.41 bits per heavy atom. The molecule has 2 aromatic heterocycles. The number of nitrogens with zero attached hydrogens (tertiary/aromatic N) is 5. The van der Waals surface area contributed by atoms with Crippen molar-refractivity contribution in [3.63, 3.8) is 0 Å². The molecule has 0 radical (unpaired) electrons. The van der Waals surface area contributed by atoms with Crippen molar-refractivity contribution in [1.29, 1.82) is 0 Å². The van der Waals surface area contributed by atoms with Gasteiger partial charge < -0.3 is 26.2 Å². The SMILES string of the molecule is Cc1nc2c(N)ncnc2n1[C@@H]1O[C@H](CN(C)CCCN)[C@@H](OS(=O)(=O)O)[C@H]1O. The van der Waals surface area contributed by atoms with E-state index in [1.165, 1.54) is 10.9 Å². The van der Waals surface area contributed by atoms with E-state index in [-0.39, 0.29) is 12.4 Å². The molecule has 1 aliphatic heterocycles. The van der Waals surface area contributed by atoms with E-state index < -0.39 is 34.9 Å². The monoisotopic (exact) mass is 431 g/mol. The second-order valence-electron chi connectivity index (χ2n) is 6.91. The van der Waals surface area contributed by atoms with Crippen LogP contribution in [0.25, 0.3) is 11.2 Å². The number of hydrogen-bond donors (Lipinski definition) is 4. The standard InChI is InChI=1S/C15H25N7O6S/c1-8-20-10-13(17)18-7-19-14(10)22(8)15-11(23)12(28-29(24,25)26)9(27-15)6-21(2)5-3-4-16/h7,9,11-12,15,23H,3-6,16H2,1-2H3,(H2,17,18,19)(H,24,25,26)/t9-,11-,12-,15-/m1/s1. The number of aryl methyl sites for hydroxylation is 1. The van der Waals surface area contributed by atoms with Crippen molar-refractivity contribution >= 4 is 27.4 Å². The zero-order chi connectivity index (χ0) is 21.3. The number of nitrogen functional groups attached to an aromatic ring is 1. The van der Waals surface area contributed by atoms with Crippen molar-refractivity contribution in [2.75, 3.05) is 32.4 Å². The maximum Gasteiger partial charge on any atom is 0.397 e. The van der Waals surface area contributed by atoms with Crippen molar-refractivity contribution in [2.24, 2.45) is 5.73 Å². The Balaban J connectivity index is 1.94. The number of imidazole rings is 1. The molecule has 6 N–H and O–H groups in total. The molecule has 0 unspecified atom stereocenters. The molecular weight excluding hydrogens is 406 g/mol. The summed E-state index contributed by atoms with van der Waals surface area (Å²) in [6.07, 6.45) is -2.73. The third-order valence-corrected chi connectivity index (χ3v) is 5.18. The lowest BCUT2D eigenvalue weighted by Gasteiger charge is -2.24. The highest BCUT2D eigenvalue weighted by Crippen LogP contribution is 2.35. The van der Waals surface area contributed by atoms with E-state index in [0.717, 1.165) is 6.42 Å². The van der Waals surface area contributed by atoms with Crippen molar-refractivity contribution in [3.8, 4) is 0 Å². The summed E-state index contributed by atoms with van der Waals surface area (Å²) in [7, 11) is -3.03. The minimum atomic E-state index is -4.83. The van der Waals surface area contributed by atoms with Gasteiger partial charge >= 0.3 is 10.4 Å². The third kappa shape index (κ3) is 4.63. The molecular formula is C15H25N7O6S. The maximum atomic E-state index is 11.3. The first-order chi connectivity index (χ1) is 13.6. The lowest BCUT2D eigenvalue weighted by atomic mass is 10.1. The number of anilines is 1. The smallest absolute Gasteiger partial charge is 0.385 e. The highest BCUT2D eigenvalue weighted by Gasteiger charge is 2.48. The lowest BCUT2D eigenvalue weighted by molar-refractivity contribution is -0.0429. The summed E-state index contributed by atoms with van der Waals surface area (Å²) in [6.45, 7) is 3.02. The van der Waals surface area contributed by atoms with Gasteiger partial charge in [0.2, 0.25) is 0 Å². The molecule has 3 rings (SSSR count). The molecule has 13 nitrogen and oxygen atoms in total. The van der Waals surface area contributed by atoms with Gasteiger partial charge in [0.05, 0.1) is 0 Å². The molecule has 0 aromatic carbocycles. The lowest BCUT2D eigenvalue weighted by Crippen LogP contribution is -2.42. The Bertz CT molecular complexity index is 967. The van der Waals surface area contributed by atoms with Crippen LogP contribution in [0.2, 0.25) is 0 Å². The van der Waals surface area contributed by atoms with Gasteiger partial charge in [-0.3, -0.25) is 9.12 Å². The van der Waals surface area contributed by atoms with Gasteiger partial charge in [-0.25, -0.2) is 19.1 Å². The number of rotatable bonds is 8. The number of hydrogen-bond acceptors (Lipinski definition) is 11. The Morgan fingerprint density at radius 3 is 2.79 bits per heavy atom. The molecule has 0 amide bonds. The molecule has 1 aliphatic rings. The van der Waals surface area contributed by atoms with Gasteiger partial charge in [0.25, 0.3) is 0 Å². The highest BCUT2D eigenvalue weighted by atomic mass is 32.3. The molecule has 29 heavy (non-hydrogen) atoms. The first-order valence-corrected chi connectivity index (χ1v) is 10.3. The largest absolute Gasteiger partial charge is 0.397 e. The van der Waals surface area contributed by atoms with Gasteiger partial charge in [-0.1, -0.05) is 0 Å². The Labute approximate surface area is 167 Å². The highest BCUT2D eigenvalue weighted by molar-refractivity contribution is 7.80. The fourth-order valence-electron chi connectivity index (χ4n) is 3.44. The maximum absolute atomic E-state index is 11.3. The zero-order valence-corrected chi connectivity index (χ0v) is 16.9. The fourth-order valence-corrected chi connectivity index (χ4v) is 3.96. The number of fused-ring (bicyclic) bond motifs is 1. The number of likely N-dealkylation sites (N-methyl/N-ethyl adjacent to an activating group) is 1. The first-order valence-electron chi connectivity index (χ1n) is 8.95. The molecule has 3 heterocycles. The molecule has 0 saturated carbocycles. The minimum Gasteiger partial charge on any atom is -0.385 e. The molecule has 1 saturated heterocycles. The molecule has 0 spiro atoms. The quantitative estimate of drug-likeness (QED) is 0.352. The average Bonchev–Trinajstić information content (AvgIpc) is 3.10. The van der Waals surface area contributed by atoms with Gasteiger partial charge in [-0.05, 0) is 33.5 Å². The summed E-state index contributed by atoms with van der Waals surface area (Å²) >= 11 is 0. The summed E-state index contributed by atoms with van der Waals surface area (Å²) in [5.74, 6) is 0.590. The van der Waals surface area contributed by atoms with Crippen LogP contribution in [0.1, 0.15) is 18.5 Å². The normalized spacial score (nSPS) is 25.3. The molecule has 0 bridgehead atoms. The van der Waals surface area contributed by atoms with Crippen LogP contribution >= 0.6 is 0 Å². The number of aliphatic hydroxyl groups is 1. The summed E-state index contributed by atoms with van der Waals surface area (Å²) in [5.41, 5.74) is 12.0. The van der Waals surface area contributed by atoms with Crippen molar-refractivity contribution < 1.29 is 27.0 Å². The second-order valence-corrected chi connectivity index (χ2v) is 7.96. The molecule has 4 atom stereocenters. The van der Waals surface area contributed by atoms with E-state index in [0.29, 0.717) is 30.1 Å². The van der Waals surface area contributed by atoms with Crippen molar-refractivity contribution in [2.45, 2.75) is 37.9 Å². The van der Waals surface area contributed by atoms with Gasteiger partial charge in [-0.2, -0.15) is 8.42 Å². The first kappa shape index (κ1) is 21.8. The second kappa shape index (κ2) is 8.43. The molecule has 162 valence electrons. The van der Waals surface area contributed by atoms with Crippen molar-refractivity contribution in [1.82, 2.24) is 24.4 Å². The summed E-state index contributed by atoms with van der Waals surface area (Å²) in [5, 5.41) is 10.8. The predicted octanol–water partition coefficient (Wildman–Crippen LogP) is -1.56. The van der Waals surface area contributed by atoms with Crippen LogP contribution in [0.3, 0.4) is 0 Å². The van der Waals surface area contributed by atoms with Crippen LogP contribution < -0.4 is 11.5 Å². The summed E-state index contributed by atoms with van der Waals surface area (Å²) in [6, 6.07) is 0. The van der Waals surface area contributed by atoms with Crippen LogP contribution in [0.15, 0.2) is 6.33 Å². The molecule has 14 heteroatoms. The van der Waals surface area contributed by atoms with E-state index in [2.05, 4.69) is 15.0 Å². The summed E-state index contributed by atoms with van der Waals surface area (Å²) < 4.78 is 44.0. The van der Waals surface area contributed by atoms with E-state index in [1.807, 2.05) is 4.90 Å². The van der Waals surface area contributed by atoms with Gasteiger partial charge in [-0.15, -0.1) is 0 Å². The van der Waals surface area contributed by atoms with Gasteiger partial charge in [0, 0.05) is 6.54 Å². The molecule has 0 aliphatic carbocycles. The number of aromatic nitrogens is 4. The average molecular weight is 431 g/mol. The topological polar surface area (TPSA) is 192 Å². The van der Waals surface area contributed by atoms with Gasteiger partial charge in [0.1, 0.15) is 30.5 Å². The number of ether oxygens (including phenoxy) is 1. The van der Waals surface area contributed by atoms with Crippen LogP contribution in [0.5, 0.6) is 0 Å². The van der Waals surface area contributed by atoms with Crippen LogP contribution in [0, 0.1) is 6.92 Å². The third-order valence-electron chi connectivity index (χ3n) is 4.71. The fraction of sp³-hybridized carbons (Fsp3) is 0.667. The summed E-state index contributed by atoms with van der Waals surface area (Å²) in [4.78, 5) is 14.2. The van der Waals surface area contributed by atoms with E-state index in [4.69, 9.17) is 24.9 Å². The van der Waals surface area contributed by atoms with Gasteiger partial charge in [0.15, 0.2) is 23.2 Å². The van der Waals surface area contributed by atoms with Crippen LogP contribution in [0.4, 0.5) is 5.82 Å². The van der Waals surface area contributed by atoms with Crippen LogP contribution in [-0.2, 0) is 19.3 Å².